The largest absolute Gasteiger partial charge is 0.286 e. The number of halogens is 2. The molecule has 13 heavy (non-hydrogen) atoms. The van der Waals surface area contributed by atoms with E-state index >= 15 is 0 Å². The quantitative estimate of drug-likeness (QED) is 0.701. The van der Waals surface area contributed by atoms with E-state index in [1.54, 1.807) is 0 Å². The average Bonchev–Trinajstić information content (AvgIpc) is 2.12. The number of para-hydroxylation sites is 1. The molecular weight excluding hydrogens is 195 g/mol. The molecule has 0 radical (unpaired) electrons. The van der Waals surface area contributed by atoms with Crippen LogP contribution in [0, 0.1) is 5.82 Å². The highest BCUT2D eigenvalue weighted by molar-refractivity contribution is 6.29. The lowest BCUT2D eigenvalue weighted by molar-refractivity contribution is 0.635. The maximum Gasteiger partial charge on any atom is 0.227 e. The van der Waals surface area contributed by atoms with E-state index in [4.69, 9.17) is 11.6 Å². The van der Waals surface area contributed by atoms with Gasteiger partial charge in [0.25, 0.3) is 0 Å². The SMILES string of the molecule is O=c1c(Cl)n[nH]c2c(F)cccc12. The van der Waals surface area contributed by atoms with E-state index in [0.717, 1.165) is 0 Å². The summed E-state index contributed by atoms with van der Waals surface area (Å²) in [4.78, 5) is 11.3. The molecule has 1 N–H and O–H groups in total. The number of nitrogens with one attached hydrogen (secondary N) is 1. The minimum atomic E-state index is -0.515. The molecule has 5 heteroatoms. The zero-order valence-electron chi connectivity index (χ0n) is 6.34. The molecule has 0 fully saturated rings. The molecule has 0 spiro atoms. The lowest BCUT2D eigenvalue weighted by atomic mass is 10.2. The molecule has 0 saturated carbocycles. The van der Waals surface area contributed by atoms with Gasteiger partial charge >= 0.3 is 0 Å². The molecule has 1 aromatic carbocycles. The Balaban J connectivity index is 3.03. The van der Waals surface area contributed by atoms with E-state index in [2.05, 4.69) is 10.2 Å². The molecule has 0 unspecified atom stereocenters. The number of hydrogen-bond acceptors (Lipinski definition) is 2. The van der Waals surface area contributed by atoms with Crippen molar-refractivity contribution >= 4 is 22.5 Å². The van der Waals surface area contributed by atoms with Crippen LogP contribution in [0.2, 0.25) is 5.15 Å². The number of rotatable bonds is 0. The first kappa shape index (κ1) is 8.19. The molecule has 1 heterocycles. The molecule has 0 atom stereocenters. The van der Waals surface area contributed by atoms with E-state index in [-0.39, 0.29) is 16.1 Å². The molecule has 0 saturated heterocycles. The molecular formula is C8H4ClFN2O. The van der Waals surface area contributed by atoms with Gasteiger partial charge in [-0.15, -0.1) is 0 Å². The summed E-state index contributed by atoms with van der Waals surface area (Å²) in [5.41, 5.74) is -0.383. The highest BCUT2D eigenvalue weighted by Gasteiger charge is 2.06. The van der Waals surface area contributed by atoms with Crippen LogP contribution >= 0.6 is 11.6 Å². The van der Waals surface area contributed by atoms with Gasteiger partial charge in [0.05, 0.1) is 5.39 Å². The summed E-state index contributed by atoms with van der Waals surface area (Å²) >= 11 is 5.46. The fraction of sp³-hybridized carbons (Fsp3) is 0. The summed E-state index contributed by atoms with van der Waals surface area (Å²) in [6, 6.07) is 4.18. The van der Waals surface area contributed by atoms with Crippen molar-refractivity contribution < 1.29 is 4.39 Å². The smallest absolute Gasteiger partial charge is 0.227 e. The third kappa shape index (κ3) is 1.19. The maximum absolute atomic E-state index is 13.0. The van der Waals surface area contributed by atoms with Crippen molar-refractivity contribution in [2.24, 2.45) is 0 Å². The van der Waals surface area contributed by atoms with Crippen molar-refractivity contribution in [1.29, 1.82) is 0 Å². The zero-order valence-corrected chi connectivity index (χ0v) is 7.10. The Labute approximate surface area is 77.2 Å². The van der Waals surface area contributed by atoms with Crippen LogP contribution in [0.3, 0.4) is 0 Å². The van der Waals surface area contributed by atoms with E-state index in [1.807, 2.05) is 0 Å². The van der Waals surface area contributed by atoms with Gasteiger partial charge in [-0.25, -0.2) is 4.39 Å². The number of H-pyrrole nitrogens is 1. The molecule has 0 aliphatic rings. The Bertz CT molecular complexity index is 523. The van der Waals surface area contributed by atoms with Crippen LogP contribution in [-0.2, 0) is 0 Å². The number of benzene rings is 1. The zero-order chi connectivity index (χ0) is 9.42. The lowest BCUT2D eigenvalue weighted by Gasteiger charge is -1.97. The molecule has 1 aromatic heterocycles. The van der Waals surface area contributed by atoms with E-state index in [0.29, 0.717) is 0 Å². The van der Waals surface area contributed by atoms with Crippen molar-refractivity contribution in [2.45, 2.75) is 0 Å². The average molecular weight is 199 g/mol. The van der Waals surface area contributed by atoms with Gasteiger partial charge in [-0.05, 0) is 12.1 Å². The fourth-order valence-electron chi connectivity index (χ4n) is 1.09. The topological polar surface area (TPSA) is 45.8 Å². The first-order chi connectivity index (χ1) is 6.20. The van der Waals surface area contributed by atoms with Crippen molar-refractivity contribution in [3.63, 3.8) is 0 Å². The lowest BCUT2D eigenvalue weighted by Crippen LogP contribution is -2.06. The Morgan fingerprint density at radius 1 is 1.46 bits per heavy atom. The first-order valence-corrected chi connectivity index (χ1v) is 3.90. The van der Waals surface area contributed by atoms with Crippen LogP contribution in [0.1, 0.15) is 0 Å². The van der Waals surface area contributed by atoms with Crippen molar-refractivity contribution in [3.05, 3.63) is 39.4 Å². The van der Waals surface area contributed by atoms with Crippen LogP contribution in [0.4, 0.5) is 4.39 Å². The summed E-state index contributed by atoms with van der Waals surface area (Å²) in [5.74, 6) is -0.515. The standard InChI is InChI=1S/C8H4ClFN2O/c9-8-7(13)4-2-1-3-5(10)6(4)11-12-8/h1-3H,(H,11,13). The molecule has 3 nitrogen and oxygen atoms in total. The van der Waals surface area contributed by atoms with Gasteiger partial charge in [0, 0.05) is 0 Å². The fourth-order valence-corrected chi connectivity index (χ4v) is 1.24. The number of hydrogen-bond donors (Lipinski definition) is 1. The number of aromatic amines is 1. The molecule has 2 rings (SSSR count). The van der Waals surface area contributed by atoms with Gasteiger partial charge < -0.3 is 0 Å². The molecule has 0 bridgehead atoms. The minimum Gasteiger partial charge on any atom is -0.286 e. The minimum absolute atomic E-state index is 0.0805. The van der Waals surface area contributed by atoms with E-state index < -0.39 is 11.2 Å². The van der Waals surface area contributed by atoms with Crippen LogP contribution < -0.4 is 5.43 Å². The van der Waals surface area contributed by atoms with Crippen molar-refractivity contribution in [1.82, 2.24) is 10.2 Å². The third-order valence-corrected chi connectivity index (χ3v) is 1.97. The first-order valence-electron chi connectivity index (χ1n) is 3.52. The second-order valence-corrected chi connectivity index (χ2v) is 2.86. The van der Waals surface area contributed by atoms with E-state index in [1.165, 1.54) is 18.2 Å². The Morgan fingerprint density at radius 2 is 2.23 bits per heavy atom. The molecule has 2 aromatic rings. The number of nitrogens with zero attached hydrogens (tertiary/aromatic N) is 1. The van der Waals surface area contributed by atoms with Gasteiger partial charge in [-0.2, -0.15) is 5.10 Å². The molecule has 0 aliphatic carbocycles. The predicted octanol–water partition coefficient (Wildman–Crippen LogP) is 1.72. The normalized spacial score (nSPS) is 10.6. The maximum atomic E-state index is 13.0. The summed E-state index contributed by atoms with van der Waals surface area (Å²) in [5, 5.41) is 5.85. The number of aromatic nitrogens is 2. The number of fused-ring (bicyclic) bond motifs is 1. The summed E-state index contributed by atoms with van der Waals surface area (Å²) in [7, 11) is 0. The second-order valence-electron chi connectivity index (χ2n) is 2.51. The predicted molar refractivity (Wildman–Crippen MR) is 47.3 cm³/mol. The Morgan fingerprint density at radius 3 is 3.00 bits per heavy atom. The van der Waals surface area contributed by atoms with Gasteiger partial charge in [0.1, 0.15) is 11.3 Å². The van der Waals surface area contributed by atoms with Gasteiger partial charge in [0.15, 0.2) is 5.15 Å². The molecule has 0 aliphatic heterocycles. The summed E-state index contributed by atoms with van der Waals surface area (Å²) < 4.78 is 13.0. The Hall–Kier alpha value is -1.42. The summed E-state index contributed by atoms with van der Waals surface area (Å²) in [6.07, 6.45) is 0. The van der Waals surface area contributed by atoms with E-state index in [9.17, 15) is 9.18 Å². The van der Waals surface area contributed by atoms with Crippen LogP contribution in [0.25, 0.3) is 10.9 Å². The molecule has 0 amide bonds. The van der Waals surface area contributed by atoms with Crippen LogP contribution in [0.5, 0.6) is 0 Å². The monoisotopic (exact) mass is 198 g/mol. The van der Waals surface area contributed by atoms with Gasteiger partial charge in [0.2, 0.25) is 5.43 Å². The third-order valence-electron chi connectivity index (χ3n) is 1.71. The van der Waals surface area contributed by atoms with Crippen LogP contribution in [-0.4, -0.2) is 10.2 Å². The van der Waals surface area contributed by atoms with Crippen molar-refractivity contribution in [3.8, 4) is 0 Å². The summed E-state index contributed by atoms with van der Waals surface area (Å²) in [6.45, 7) is 0. The highest BCUT2D eigenvalue weighted by atomic mass is 35.5. The van der Waals surface area contributed by atoms with Gasteiger partial charge in [-0.3, -0.25) is 9.89 Å². The van der Waals surface area contributed by atoms with Gasteiger partial charge in [-0.1, -0.05) is 17.7 Å². The van der Waals surface area contributed by atoms with Crippen LogP contribution in [0.15, 0.2) is 23.0 Å². The van der Waals surface area contributed by atoms with Crippen molar-refractivity contribution in [2.75, 3.05) is 0 Å². The molecule has 66 valence electrons. The highest BCUT2D eigenvalue weighted by Crippen LogP contribution is 2.11. The second kappa shape index (κ2) is 2.81. The Kier molecular flexibility index (Phi) is 1.77.